The van der Waals surface area contributed by atoms with Crippen LogP contribution in [0.5, 0.6) is 0 Å². The number of anilines is 1. The molecule has 1 atom stereocenters. The fourth-order valence-electron chi connectivity index (χ4n) is 4.15. The van der Waals surface area contributed by atoms with Gasteiger partial charge in [-0.25, -0.2) is 4.79 Å². The number of halogens is 3. The average molecular weight is 494 g/mol. The second-order valence-corrected chi connectivity index (χ2v) is 10.2. The topological polar surface area (TPSA) is 111 Å². The van der Waals surface area contributed by atoms with E-state index in [-0.39, 0.29) is 43.7 Å². The number of amides is 1. The molecule has 1 aromatic heterocycles. The number of hydrogen-bond acceptors (Lipinski definition) is 7. The molecule has 2 heterocycles. The summed E-state index contributed by atoms with van der Waals surface area (Å²) >= 11 is 0. The number of alkyl halides is 3. The number of nitriles is 1. The lowest BCUT2D eigenvalue weighted by Gasteiger charge is -2.39. The quantitative estimate of drug-likeness (QED) is 0.603. The molecule has 1 aliphatic heterocycles. The highest BCUT2D eigenvalue weighted by molar-refractivity contribution is 5.91. The third-order valence-corrected chi connectivity index (χ3v) is 5.98. The van der Waals surface area contributed by atoms with E-state index in [1.165, 1.54) is 0 Å². The largest absolute Gasteiger partial charge is 0.441 e. The summed E-state index contributed by atoms with van der Waals surface area (Å²) in [4.78, 5) is 30.9. The Morgan fingerprint density at radius 1 is 1.26 bits per heavy atom. The molecule has 1 aromatic carbocycles. The predicted octanol–water partition coefficient (Wildman–Crippen LogP) is 3.83. The lowest BCUT2D eigenvalue weighted by atomic mass is 9.85. The van der Waals surface area contributed by atoms with Gasteiger partial charge in [-0.15, -0.1) is 0 Å². The van der Waals surface area contributed by atoms with Crippen molar-refractivity contribution in [1.82, 2.24) is 15.2 Å². The van der Waals surface area contributed by atoms with Gasteiger partial charge in [-0.3, -0.25) is 4.79 Å². The Hall–Kier alpha value is -3.13. The minimum absolute atomic E-state index is 0.136. The lowest BCUT2D eigenvalue weighted by molar-refractivity contribution is -0.138. The summed E-state index contributed by atoms with van der Waals surface area (Å²) < 4.78 is 42.8. The van der Waals surface area contributed by atoms with Gasteiger partial charge in [0.2, 0.25) is 5.91 Å². The molecule has 3 rings (SSSR count). The number of carbonyl (C=O) groups excluding carboxylic acids is 1. The second-order valence-electron chi connectivity index (χ2n) is 10.2. The molecular formula is C24H30F3N5O3. The first-order valence-corrected chi connectivity index (χ1v) is 11.5. The molecule has 11 heteroatoms. The summed E-state index contributed by atoms with van der Waals surface area (Å²) in [6.07, 6.45) is -4.36. The van der Waals surface area contributed by atoms with Crippen LogP contribution >= 0.6 is 0 Å². The van der Waals surface area contributed by atoms with Crippen LogP contribution in [-0.4, -0.2) is 53.2 Å². The predicted molar refractivity (Wildman–Crippen MR) is 125 cm³/mol. The van der Waals surface area contributed by atoms with E-state index < -0.39 is 35.8 Å². The maximum Gasteiger partial charge on any atom is 0.441 e. The van der Waals surface area contributed by atoms with Gasteiger partial charge in [-0.05, 0) is 36.8 Å². The first-order valence-electron chi connectivity index (χ1n) is 11.5. The highest BCUT2D eigenvalue weighted by atomic mass is 19.4. The van der Waals surface area contributed by atoms with Crippen molar-refractivity contribution in [3.05, 3.63) is 34.8 Å². The van der Waals surface area contributed by atoms with Crippen molar-refractivity contribution in [2.24, 2.45) is 5.41 Å². The fourth-order valence-corrected chi connectivity index (χ4v) is 4.15. The van der Waals surface area contributed by atoms with Gasteiger partial charge in [0.1, 0.15) is 23.0 Å². The Morgan fingerprint density at radius 2 is 1.91 bits per heavy atom. The summed E-state index contributed by atoms with van der Waals surface area (Å²) in [5.74, 6) is -1.04. The molecule has 1 aliphatic rings. The highest BCUT2D eigenvalue weighted by Crippen LogP contribution is 2.28. The van der Waals surface area contributed by atoms with Gasteiger partial charge in [0.05, 0.1) is 17.9 Å². The van der Waals surface area contributed by atoms with Crippen molar-refractivity contribution in [1.29, 1.82) is 5.26 Å². The summed E-state index contributed by atoms with van der Waals surface area (Å²) in [6.45, 7) is 6.28. The van der Waals surface area contributed by atoms with Crippen LogP contribution in [0.25, 0.3) is 11.0 Å². The van der Waals surface area contributed by atoms with Crippen molar-refractivity contribution in [2.45, 2.75) is 64.2 Å². The number of fused-ring (bicyclic) bond motifs is 1. The molecular weight excluding hydrogens is 463 g/mol. The van der Waals surface area contributed by atoms with Crippen molar-refractivity contribution in [3.8, 4) is 6.07 Å². The number of carbonyl (C=O) groups is 1. The van der Waals surface area contributed by atoms with E-state index in [9.17, 15) is 28.0 Å². The maximum atomic E-state index is 13.4. The van der Waals surface area contributed by atoms with Crippen LogP contribution in [0.4, 0.5) is 19.0 Å². The molecule has 0 saturated carbocycles. The van der Waals surface area contributed by atoms with E-state index in [1.54, 1.807) is 29.2 Å². The molecule has 2 N–H and O–H groups in total. The first kappa shape index (κ1) is 26.5. The van der Waals surface area contributed by atoms with Crippen molar-refractivity contribution in [3.63, 3.8) is 0 Å². The Balaban J connectivity index is 1.77. The van der Waals surface area contributed by atoms with E-state index >= 15 is 0 Å². The molecule has 1 amide bonds. The molecule has 1 fully saturated rings. The third kappa shape index (κ3) is 7.42. The standard InChI is InChI=1S/C24H30F3N5O3/c1-22(2,3)14-17(29-19-16-6-4-5-7-18(16)35-21(34)30-19)20(33)31-23(15-28)8-11-32(12-9-23)13-10-24(25,26)27/h4-7,17H,8-14H2,1-3H3,(H,31,33)(H,29,30,34). The molecule has 0 aliphatic carbocycles. The van der Waals surface area contributed by atoms with Gasteiger partial charge in [0, 0.05) is 19.6 Å². The van der Waals surface area contributed by atoms with Crippen molar-refractivity contribution >= 4 is 22.7 Å². The Bertz CT molecular complexity index is 1140. The van der Waals surface area contributed by atoms with Crippen LogP contribution in [0.2, 0.25) is 0 Å². The van der Waals surface area contributed by atoms with Crippen molar-refractivity contribution in [2.75, 3.05) is 25.0 Å². The van der Waals surface area contributed by atoms with E-state index in [4.69, 9.17) is 4.42 Å². The number of piperidine rings is 1. The maximum absolute atomic E-state index is 13.4. The van der Waals surface area contributed by atoms with Crippen LogP contribution < -0.4 is 16.4 Å². The van der Waals surface area contributed by atoms with Gasteiger partial charge in [0.25, 0.3) is 0 Å². The van der Waals surface area contributed by atoms with E-state index in [1.807, 2.05) is 20.8 Å². The van der Waals surface area contributed by atoms with Crippen LogP contribution in [0.15, 0.2) is 33.5 Å². The zero-order valence-electron chi connectivity index (χ0n) is 20.0. The number of nitrogens with zero attached hydrogens (tertiary/aromatic N) is 3. The van der Waals surface area contributed by atoms with Crippen LogP contribution in [0.1, 0.15) is 46.5 Å². The van der Waals surface area contributed by atoms with Gasteiger partial charge >= 0.3 is 11.9 Å². The van der Waals surface area contributed by atoms with Gasteiger partial charge < -0.3 is 20.0 Å². The number of rotatable bonds is 7. The average Bonchev–Trinajstić information content (AvgIpc) is 2.76. The minimum Gasteiger partial charge on any atom is -0.408 e. The summed E-state index contributed by atoms with van der Waals surface area (Å²) in [5, 5.41) is 16.3. The van der Waals surface area contributed by atoms with Gasteiger partial charge in [-0.2, -0.15) is 23.4 Å². The molecule has 8 nitrogen and oxygen atoms in total. The number of benzene rings is 1. The fraction of sp³-hybridized carbons (Fsp3) is 0.583. The first-order chi connectivity index (χ1) is 16.3. The molecule has 0 spiro atoms. The summed E-state index contributed by atoms with van der Waals surface area (Å²) in [5.41, 5.74) is -1.15. The van der Waals surface area contributed by atoms with Crippen LogP contribution in [0, 0.1) is 16.7 Å². The molecule has 0 radical (unpaired) electrons. The molecule has 35 heavy (non-hydrogen) atoms. The number of para-hydroxylation sites is 1. The Labute approximate surface area is 201 Å². The monoisotopic (exact) mass is 493 g/mol. The molecule has 0 bridgehead atoms. The summed E-state index contributed by atoms with van der Waals surface area (Å²) in [6, 6.07) is 8.16. The van der Waals surface area contributed by atoms with Crippen LogP contribution in [-0.2, 0) is 4.79 Å². The molecule has 2 aromatic rings. The van der Waals surface area contributed by atoms with Gasteiger partial charge in [0.15, 0.2) is 0 Å². The second kappa shape index (κ2) is 10.2. The Kier molecular flexibility index (Phi) is 7.74. The van der Waals surface area contributed by atoms with E-state index in [0.717, 1.165) is 0 Å². The normalized spacial score (nSPS) is 17.5. The number of hydrogen-bond donors (Lipinski definition) is 2. The van der Waals surface area contributed by atoms with E-state index in [2.05, 4.69) is 21.7 Å². The van der Waals surface area contributed by atoms with Crippen LogP contribution in [0.3, 0.4) is 0 Å². The van der Waals surface area contributed by atoms with Gasteiger partial charge in [-0.1, -0.05) is 32.9 Å². The summed E-state index contributed by atoms with van der Waals surface area (Å²) in [7, 11) is 0. The molecule has 1 saturated heterocycles. The Morgan fingerprint density at radius 3 is 2.51 bits per heavy atom. The SMILES string of the molecule is CC(C)(C)CC(Nc1nc(=O)oc2ccccc12)C(=O)NC1(C#N)CCN(CCC(F)(F)F)CC1. The smallest absolute Gasteiger partial charge is 0.408 e. The van der Waals surface area contributed by atoms with Crippen molar-refractivity contribution < 1.29 is 22.4 Å². The minimum atomic E-state index is -4.24. The zero-order chi connectivity index (χ0) is 25.9. The number of aromatic nitrogens is 1. The lowest BCUT2D eigenvalue weighted by Crippen LogP contribution is -2.58. The highest BCUT2D eigenvalue weighted by Gasteiger charge is 2.39. The number of likely N-dealkylation sites (tertiary alicyclic amines) is 1. The zero-order valence-corrected chi connectivity index (χ0v) is 20.0. The molecule has 1 unspecified atom stereocenters. The number of nitrogens with one attached hydrogen (secondary N) is 2. The third-order valence-electron chi connectivity index (χ3n) is 5.98. The van der Waals surface area contributed by atoms with E-state index in [0.29, 0.717) is 17.4 Å². The molecule has 190 valence electrons.